The molecular weight excluding hydrogens is 432 g/mol. The predicted molar refractivity (Wildman–Crippen MR) is 168 cm³/mol. The quantitative estimate of drug-likeness (QED) is 0.0653. The fraction of sp³-hybridized carbons (Fsp3) is 0.889. The zero-order valence-electron chi connectivity index (χ0n) is 25.5. The van der Waals surface area contributed by atoms with Gasteiger partial charge in [0.25, 0.3) is 0 Å². The van der Waals surface area contributed by atoms with E-state index in [1.807, 2.05) is 0 Å². The van der Waals surface area contributed by atoms with Gasteiger partial charge in [-0.2, -0.15) is 0 Å². The second-order valence-corrected chi connectivity index (χ2v) is 11.6. The Labute approximate surface area is 230 Å². The van der Waals surface area contributed by atoms with Crippen molar-refractivity contribution < 1.29 is 0 Å². The summed E-state index contributed by atoms with van der Waals surface area (Å²) in [6.07, 6.45) is 52.4. The zero-order chi connectivity index (χ0) is 26.0. The van der Waals surface area contributed by atoms with Crippen LogP contribution in [0.5, 0.6) is 0 Å². The largest absolute Gasteiger partial charge is 0.0885 e. The van der Waals surface area contributed by atoms with Gasteiger partial charge in [0.05, 0.1) is 0 Å². The van der Waals surface area contributed by atoms with Crippen molar-refractivity contribution in [3.8, 4) is 0 Å². The lowest BCUT2D eigenvalue weighted by atomic mass is 10.0. The fourth-order valence-corrected chi connectivity index (χ4v) is 5.20. The van der Waals surface area contributed by atoms with Gasteiger partial charge in [0, 0.05) is 0 Å². The molecule has 0 N–H and O–H groups in total. The molecule has 0 nitrogen and oxygen atoms in total. The Morgan fingerprint density at radius 1 is 0.222 bits per heavy atom. The van der Waals surface area contributed by atoms with E-state index >= 15 is 0 Å². The van der Waals surface area contributed by atoms with E-state index in [9.17, 15) is 0 Å². The van der Waals surface area contributed by atoms with Gasteiger partial charge in [-0.05, 0) is 51.4 Å². The van der Waals surface area contributed by atoms with Crippen LogP contribution in [0.2, 0.25) is 0 Å². The summed E-state index contributed by atoms with van der Waals surface area (Å²) < 4.78 is 0. The number of hydrogen-bond acceptors (Lipinski definition) is 0. The summed E-state index contributed by atoms with van der Waals surface area (Å²) in [5.74, 6) is 0. The molecule has 0 aromatic carbocycles. The van der Waals surface area contributed by atoms with Gasteiger partial charge in [-0.3, -0.25) is 0 Å². The third-order valence-corrected chi connectivity index (χ3v) is 7.77. The van der Waals surface area contributed by atoms with Crippen LogP contribution in [0.25, 0.3) is 0 Å². The van der Waals surface area contributed by atoms with Crippen LogP contribution in [0.3, 0.4) is 0 Å². The smallest absolute Gasteiger partial charge is 0.0351 e. The Balaban J connectivity index is 3.11. The molecule has 0 unspecified atom stereocenters. The molecule has 0 bridgehead atoms. The molecule has 0 heteroatoms. The lowest BCUT2D eigenvalue weighted by molar-refractivity contribution is 0.547. The highest BCUT2D eigenvalue weighted by molar-refractivity contribution is 4.82. The minimum atomic E-state index is 1.31. The van der Waals surface area contributed by atoms with Crippen molar-refractivity contribution >= 4 is 0 Å². The number of hydrogen-bond donors (Lipinski definition) is 0. The van der Waals surface area contributed by atoms with E-state index in [0.717, 1.165) is 0 Å². The molecule has 0 aliphatic carbocycles. The number of unbranched alkanes of at least 4 members (excludes halogenated alkanes) is 27. The summed E-state index contributed by atoms with van der Waals surface area (Å²) in [5.41, 5.74) is 0. The molecule has 0 fully saturated rings. The van der Waals surface area contributed by atoms with Crippen molar-refractivity contribution in [2.45, 2.75) is 206 Å². The topological polar surface area (TPSA) is 0 Å². The van der Waals surface area contributed by atoms with Gasteiger partial charge in [-0.15, -0.1) is 0 Å². The first kappa shape index (κ1) is 35.5. The Morgan fingerprint density at radius 2 is 0.389 bits per heavy atom. The second kappa shape index (κ2) is 34.5. The fourth-order valence-electron chi connectivity index (χ4n) is 5.20. The Bertz CT molecular complexity index is 418. The first-order chi connectivity index (χ1) is 17.9. The molecule has 0 radical (unpaired) electrons. The third kappa shape index (κ3) is 33.5. The van der Waals surface area contributed by atoms with E-state index in [-0.39, 0.29) is 0 Å². The van der Waals surface area contributed by atoms with Crippen LogP contribution in [0, 0.1) is 0 Å². The second-order valence-electron chi connectivity index (χ2n) is 11.6. The molecule has 0 aromatic rings. The highest BCUT2D eigenvalue weighted by Gasteiger charge is 1.94. The first-order valence-electron chi connectivity index (χ1n) is 17.2. The molecule has 0 atom stereocenters. The average molecular weight is 503 g/mol. The molecule has 0 saturated heterocycles. The van der Waals surface area contributed by atoms with Crippen LogP contribution in [0.4, 0.5) is 0 Å². The van der Waals surface area contributed by atoms with Gasteiger partial charge < -0.3 is 0 Å². The summed E-state index contributed by atoms with van der Waals surface area (Å²) in [6, 6.07) is 0. The van der Waals surface area contributed by atoms with E-state index < -0.39 is 0 Å². The van der Waals surface area contributed by atoms with Crippen molar-refractivity contribution in [1.82, 2.24) is 0 Å². The van der Waals surface area contributed by atoms with Crippen LogP contribution in [0.15, 0.2) is 24.3 Å². The van der Waals surface area contributed by atoms with Crippen LogP contribution in [-0.4, -0.2) is 0 Å². The third-order valence-electron chi connectivity index (χ3n) is 7.77. The van der Waals surface area contributed by atoms with Crippen LogP contribution < -0.4 is 0 Å². The van der Waals surface area contributed by atoms with Gasteiger partial charge in [-0.1, -0.05) is 179 Å². The highest BCUT2D eigenvalue weighted by atomic mass is 14.0. The summed E-state index contributed by atoms with van der Waals surface area (Å²) in [6.45, 7) is 4.60. The van der Waals surface area contributed by atoms with E-state index in [4.69, 9.17) is 0 Å². The molecule has 0 saturated carbocycles. The van der Waals surface area contributed by atoms with Crippen LogP contribution in [0.1, 0.15) is 206 Å². The van der Waals surface area contributed by atoms with Gasteiger partial charge in [0.2, 0.25) is 0 Å². The lowest BCUT2D eigenvalue weighted by Gasteiger charge is -2.02. The van der Waals surface area contributed by atoms with E-state index in [1.165, 1.54) is 193 Å². The van der Waals surface area contributed by atoms with Gasteiger partial charge >= 0.3 is 0 Å². The van der Waals surface area contributed by atoms with Crippen molar-refractivity contribution in [2.24, 2.45) is 0 Å². The van der Waals surface area contributed by atoms with E-state index in [1.54, 1.807) is 0 Å². The van der Waals surface area contributed by atoms with Gasteiger partial charge in [0.1, 0.15) is 0 Å². The summed E-state index contributed by atoms with van der Waals surface area (Å²) in [4.78, 5) is 0. The molecule has 0 heterocycles. The maximum atomic E-state index is 2.45. The standard InChI is InChI=1S/C36H70/c1-3-5-7-9-11-13-15-17-19-21-23-25-27-29-31-33-35-36-34-32-30-28-26-24-22-20-18-16-14-12-10-8-6-4-2/h17,19,24,26H,3-16,18,20-23,25,27-36H2,1-2H3/b19-17-,26-24?. The maximum absolute atomic E-state index is 2.45. The highest BCUT2D eigenvalue weighted by Crippen LogP contribution is 2.14. The Kier molecular flexibility index (Phi) is 34.0. The minimum Gasteiger partial charge on any atom is -0.0885 e. The molecule has 0 spiro atoms. The maximum Gasteiger partial charge on any atom is -0.0351 e. The predicted octanol–water partition coefficient (Wildman–Crippen LogP) is 13.8. The minimum absolute atomic E-state index is 1.31. The van der Waals surface area contributed by atoms with Crippen molar-refractivity contribution in [3.05, 3.63) is 24.3 Å². The summed E-state index contributed by atoms with van der Waals surface area (Å²) in [5, 5.41) is 0. The molecule has 0 aliphatic rings. The molecule has 0 aromatic heterocycles. The van der Waals surface area contributed by atoms with E-state index in [2.05, 4.69) is 38.2 Å². The van der Waals surface area contributed by atoms with E-state index in [0.29, 0.717) is 0 Å². The van der Waals surface area contributed by atoms with Crippen molar-refractivity contribution in [3.63, 3.8) is 0 Å². The molecule has 0 amide bonds. The number of allylic oxidation sites excluding steroid dienone is 4. The molecule has 0 rings (SSSR count). The first-order valence-corrected chi connectivity index (χ1v) is 17.2. The Hall–Kier alpha value is -0.520. The SMILES string of the molecule is CCCCCCCC/C=C\CCCCCCCCCCCCCC=CCCCCCCCCCCC. The monoisotopic (exact) mass is 503 g/mol. The Morgan fingerprint density at radius 3 is 0.583 bits per heavy atom. The lowest BCUT2D eigenvalue weighted by Crippen LogP contribution is -1.82. The zero-order valence-corrected chi connectivity index (χ0v) is 25.5. The van der Waals surface area contributed by atoms with Crippen LogP contribution in [-0.2, 0) is 0 Å². The van der Waals surface area contributed by atoms with Crippen molar-refractivity contribution in [2.75, 3.05) is 0 Å². The molecular formula is C36H70. The average Bonchev–Trinajstić information content (AvgIpc) is 2.89. The number of rotatable bonds is 31. The normalized spacial score (nSPS) is 11.9. The molecule has 36 heavy (non-hydrogen) atoms. The van der Waals surface area contributed by atoms with Crippen molar-refractivity contribution in [1.29, 1.82) is 0 Å². The van der Waals surface area contributed by atoms with Crippen LogP contribution >= 0.6 is 0 Å². The molecule has 0 aliphatic heterocycles. The molecule has 214 valence electrons. The summed E-state index contributed by atoms with van der Waals surface area (Å²) >= 11 is 0. The van der Waals surface area contributed by atoms with Gasteiger partial charge in [0.15, 0.2) is 0 Å². The summed E-state index contributed by atoms with van der Waals surface area (Å²) in [7, 11) is 0. The van der Waals surface area contributed by atoms with Gasteiger partial charge in [-0.25, -0.2) is 0 Å².